The van der Waals surface area contributed by atoms with Gasteiger partial charge < -0.3 is 45.1 Å². The second-order valence-corrected chi connectivity index (χ2v) is 15.7. The Morgan fingerprint density at radius 1 is 1.00 bits per heavy atom. The number of pyridine rings is 1. The van der Waals surface area contributed by atoms with Gasteiger partial charge in [-0.25, -0.2) is 4.79 Å². The Bertz CT molecular complexity index is 2000. The number of methoxy groups -OCH3 is 1. The lowest BCUT2D eigenvalue weighted by Crippen LogP contribution is -2.41. The van der Waals surface area contributed by atoms with Crippen molar-refractivity contribution < 1.29 is 34.3 Å². The van der Waals surface area contributed by atoms with Crippen molar-refractivity contribution in [3.8, 4) is 17.2 Å². The van der Waals surface area contributed by atoms with Crippen LogP contribution in [0.25, 0.3) is 10.9 Å². The number of rotatable bonds is 18. The Morgan fingerprint density at radius 2 is 1.74 bits per heavy atom. The number of ether oxygens (including phenoxy) is 3. The summed E-state index contributed by atoms with van der Waals surface area (Å²) in [5, 5.41) is 44.1. The largest absolute Gasteiger partial charge is 0.506 e. The monoisotopic (exact) mass is 795 g/mol. The molecule has 0 amide bonds. The number of benzene rings is 2. The van der Waals surface area contributed by atoms with Crippen molar-refractivity contribution in [3.63, 3.8) is 0 Å². The maximum atomic E-state index is 13.3. The van der Waals surface area contributed by atoms with Gasteiger partial charge in [-0.1, -0.05) is 29.8 Å². The number of phenols is 1. The summed E-state index contributed by atoms with van der Waals surface area (Å²) in [5.74, 6) is 0.562. The molecule has 54 heavy (non-hydrogen) atoms. The summed E-state index contributed by atoms with van der Waals surface area (Å²) >= 11 is 9.29. The normalized spacial score (nSPS) is 16.7. The molecule has 1 saturated carbocycles. The molecule has 0 unspecified atom stereocenters. The van der Waals surface area contributed by atoms with Crippen molar-refractivity contribution >= 4 is 51.1 Å². The van der Waals surface area contributed by atoms with E-state index >= 15 is 0 Å². The van der Waals surface area contributed by atoms with Crippen LogP contribution in [0.5, 0.6) is 17.2 Å². The van der Waals surface area contributed by atoms with Gasteiger partial charge in [-0.3, -0.25) is 4.79 Å². The van der Waals surface area contributed by atoms with Gasteiger partial charge in [0.2, 0.25) is 11.2 Å². The highest BCUT2D eigenvalue weighted by Crippen LogP contribution is 2.38. The van der Waals surface area contributed by atoms with E-state index in [-0.39, 0.29) is 24.0 Å². The van der Waals surface area contributed by atoms with E-state index in [9.17, 15) is 24.9 Å². The number of aromatic amines is 1. The number of carbonyl (C=O) groups excluding carboxylic acids is 1. The van der Waals surface area contributed by atoms with E-state index < -0.39 is 17.7 Å². The number of carbonyl (C=O) groups is 1. The van der Waals surface area contributed by atoms with Gasteiger partial charge in [0, 0.05) is 30.1 Å². The number of fused-ring (bicyclic) bond motifs is 1. The van der Waals surface area contributed by atoms with Crippen LogP contribution < -0.4 is 25.7 Å². The average molecular weight is 796 g/mol. The number of unbranched alkanes of at least 4 members (excludes halogenated alkanes) is 1. The zero-order valence-corrected chi connectivity index (χ0v) is 32.4. The van der Waals surface area contributed by atoms with Gasteiger partial charge in [0.1, 0.15) is 23.4 Å². The lowest BCUT2D eigenvalue weighted by molar-refractivity contribution is -0.169. The highest BCUT2D eigenvalue weighted by molar-refractivity contribution is 7.12. The minimum Gasteiger partial charge on any atom is -0.506 e. The van der Waals surface area contributed by atoms with Crippen molar-refractivity contribution in [1.29, 1.82) is 0 Å². The lowest BCUT2D eigenvalue weighted by atomic mass is 9.92. The van der Waals surface area contributed by atoms with Crippen molar-refractivity contribution in [3.05, 3.63) is 108 Å². The molecule has 0 bridgehead atoms. The zero-order chi connectivity index (χ0) is 38.1. The van der Waals surface area contributed by atoms with Gasteiger partial charge >= 0.3 is 5.97 Å². The first-order valence-electron chi connectivity index (χ1n) is 18.1. The molecule has 1 aliphatic rings. The maximum Gasteiger partial charge on any atom is 0.349 e. The Hall–Kier alpha value is -3.95. The summed E-state index contributed by atoms with van der Waals surface area (Å²) in [5.41, 5.74) is -0.310. The number of thiophene rings is 2. The van der Waals surface area contributed by atoms with Crippen LogP contribution in [-0.4, -0.2) is 71.8 Å². The lowest BCUT2D eigenvalue weighted by Gasteiger charge is -2.32. The molecular weight excluding hydrogens is 750 g/mol. The first-order valence-corrected chi connectivity index (χ1v) is 20.3. The van der Waals surface area contributed by atoms with Crippen LogP contribution in [-0.2, 0) is 21.6 Å². The van der Waals surface area contributed by atoms with Crippen molar-refractivity contribution in [2.24, 2.45) is 0 Å². The Kier molecular flexibility index (Phi) is 13.7. The van der Waals surface area contributed by atoms with Crippen molar-refractivity contribution in [2.45, 2.75) is 68.8 Å². The standard InChI is InChI=1S/C40H46ClN3O8S2/c1-50-33-23-34(30(41)22-25(33)16-18-42-24-32(46)28-12-14-31(45)38-29(28)13-15-37(47)44-38)51-19-3-2-17-43-26-8-10-27(11-9-26)52-39(48)40(49,35-6-4-20-53-35)36-7-5-21-54-36/h4-7,12-15,20-23,26-27,32,42-43,45-46,49H,2-3,8-11,16-19,24H2,1H3,(H,44,47)/t26?,27?,32-/m0/s1. The first-order chi connectivity index (χ1) is 26.2. The molecular formula is C40H46ClN3O8S2. The SMILES string of the molecule is COc1cc(OCCCCNC2CCC(OC(=O)C(O)(c3cccs3)c3cccs3)CC2)c(Cl)cc1CCNC[C@H](O)c1ccc(O)c2[nH]c(=O)ccc12. The summed E-state index contributed by atoms with van der Waals surface area (Å²) in [6.45, 7) is 2.16. The van der Waals surface area contributed by atoms with E-state index in [1.54, 1.807) is 37.4 Å². The summed E-state index contributed by atoms with van der Waals surface area (Å²) in [7, 11) is 1.60. The van der Waals surface area contributed by atoms with Crippen LogP contribution >= 0.6 is 34.3 Å². The van der Waals surface area contributed by atoms with Crippen LogP contribution in [0.4, 0.5) is 0 Å². The number of aliphatic hydroxyl groups is 2. The van der Waals surface area contributed by atoms with E-state index in [4.69, 9.17) is 25.8 Å². The molecule has 6 rings (SSSR count). The molecule has 1 fully saturated rings. The Balaban J connectivity index is 0.882. The smallest absolute Gasteiger partial charge is 0.349 e. The third kappa shape index (κ3) is 9.46. The summed E-state index contributed by atoms with van der Waals surface area (Å²) in [6, 6.07) is 17.3. The van der Waals surface area contributed by atoms with Crippen molar-refractivity contribution in [1.82, 2.24) is 15.6 Å². The zero-order valence-electron chi connectivity index (χ0n) is 30.0. The molecule has 1 aliphatic carbocycles. The number of halogens is 1. The van der Waals surface area contributed by atoms with E-state index in [0.717, 1.165) is 50.6 Å². The van der Waals surface area contributed by atoms with Gasteiger partial charge in [-0.2, -0.15) is 0 Å². The number of H-pyrrole nitrogens is 1. The molecule has 288 valence electrons. The number of aliphatic hydroxyl groups excluding tert-OH is 1. The van der Waals surface area contributed by atoms with E-state index in [1.807, 2.05) is 29.0 Å². The van der Waals surface area contributed by atoms with E-state index in [1.165, 1.54) is 34.8 Å². The molecule has 11 nitrogen and oxygen atoms in total. The predicted octanol–water partition coefficient (Wildman–Crippen LogP) is 6.42. The number of aromatic nitrogens is 1. The van der Waals surface area contributed by atoms with Gasteiger partial charge in [0.05, 0.1) is 40.1 Å². The fourth-order valence-electron chi connectivity index (χ4n) is 6.82. The highest BCUT2D eigenvalue weighted by atomic mass is 35.5. The quantitative estimate of drug-likeness (QED) is 0.0431. The second-order valence-electron chi connectivity index (χ2n) is 13.4. The van der Waals surface area contributed by atoms with Crippen molar-refractivity contribution in [2.75, 3.05) is 33.4 Å². The number of hydrogen-bond acceptors (Lipinski definition) is 12. The summed E-state index contributed by atoms with van der Waals surface area (Å²) < 4.78 is 17.5. The molecule has 0 spiro atoms. The molecule has 0 radical (unpaired) electrons. The second kappa shape index (κ2) is 18.6. The third-order valence-corrected chi connectivity index (χ3v) is 12.0. The van der Waals surface area contributed by atoms with Crippen LogP contribution in [0.3, 0.4) is 0 Å². The molecule has 5 aromatic rings. The molecule has 14 heteroatoms. The summed E-state index contributed by atoms with van der Waals surface area (Å²) in [6.07, 6.45) is 4.55. The predicted molar refractivity (Wildman–Crippen MR) is 212 cm³/mol. The maximum absolute atomic E-state index is 13.3. The molecule has 2 aromatic carbocycles. The Morgan fingerprint density at radius 3 is 2.43 bits per heavy atom. The van der Waals surface area contributed by atoms with Gasteiger partial charge in [0.15, 0.2) is 0 Å². The third-order valence-electron chi connectivity index (χ3n) is 9.77. The number of phenolic OH excluding ortho intramolecular Hbond substituents is 1. The summed E-state index contributed by atoms with van der Waals surface area (Å²) in [4.78, 5) is 28.8. The Labute approximate surface area is 326 Å². The van der Waals surface area contributed by atoms with Crippen LogP contribution in [0, 0.1) is 0 Å². The van der Waals surface area contributed by atoms with Gasteiger partial charge in [0.25, 0.3) is 0 Å². The van der Waals surface area contributed by atoms with Crippen LogP contribution in [0.15, 0.2) is 76.2 Å². The number of aromatic hydroxyl groups is 1. The first kappa shape index (κ1) is 39.7. The van der Waals surface area contributed by atoms with E-state index in [2.05, 4.69) is 15.6 Å². The average Bonchev–Trinajstić information content (AvgIpc) is 3.93. The molecule has 1 atom stereocenters. The minimum atomic E-state index is -1.78. The fraction of sp³-hybridized carbons (Fsp3) is 0.400. The van der Waals surface area contributed by atoms with E-state index in [0.29, 0.717) is 68.4 Å². The number of hydrogen-bond donors (Lipinski definition) is 6. The van der Waals surface area contributed by atoms with Crippen LogP contribution in [0.2, 0.25) is 5.02 Å². The molecule has 6 N–H and O–H groups in total. The topological polar surface area (TPSA) is 162 Å². The molecule has 0 aliphatic heterocycles. The number of nitrogens with one attached hydrogen (secondary N) is 3. The molecule has 3 heterocycles. The fourth-order valence-corrected chi connectivity index (χ4v) is 8.78. The van der Waals surface area contributed by atoms with Gasteiger partial charge in [-0.15, -0.1) is 22.7 Å². The number of esters is 1. The minimum absolute atomic E-state index is 0.0517. The van der Waals surface area contributed by atoms with Gasteiger partial charge in [-0.05, 0) is 110 Å². The molecule has 3 aromatic heterocycles. The highest BCUT2D eigenvalue weighted by Gasteiger charge is 2.45. The van der Waals surface area contributed by atoms with Crippen LogP contribution in [0.1, 0.15) is 65.5 Å². The molecule has 0 saturated heterocycles.